The predicted octanol–water partition coefficient (Wildman–Crippen LogP) is 1.38. The Hall–Kier alpha value is -1.37. The van der Waals surface area contributed by atoms with Crippen molar-refractivity contribution < 1.29 is 13.2 Å². The topological polar surface area (TPSA) is 81.1 Å². The Kier molecular flexibility index (Phi) is 3.66. The maximum atomic E-state index is 11.7. The Morgan fingerprint density at radius 3 is 2.60 bits per heavy atom. The highest BCUT2D eigenvalue weighted by molar-refractivity contribution is 7.91. The Balaban J connectivity index is 2.40. The van der Waals surface area contributed by atoms with E-state index in [9.17, 15) is 13.2 Å². The summed E-state index contributed by atoms with van der Waals surface area (Å²) in [5.74, 6) is 0.224. The molecule has 1 aromatic heterocycles. The molecular formula is C13H21N3O3S. The number of carbonyl (C=O) groups is 1. The molecule has 2 rings (SSSR count). The zero-order valence-electron chi connectivity index (χ0n) is 12.4. The summed E-state index contributed by atoms with van der Waals surface area (Å²) in [5, 5.41) is 7.29. The van der Waals surface area contributed by atoms with E-state index < -0.39 is 15.4 Å². The van der Waals surface area contributed by atoms with Crippen LogP contribution in [-0.2, 0) is 20.2 Å². The van der Waals surface area contributed by atoms with E-state index in [0.29, 0.717) is 18.5 Å². The minimum atomic E-state index is -3.00. The number of aryl methyl sites for hydroxylation is 1. The first-order valence-corrected chi connectivity index (χ1v) is 8.57. The number of aromatic nitrogens is 2. The lowest BCUT2D eigenvalue weighted by molar-refractivity contribution is -0.115. The number of sulfone groups is 1. The molecule has 1 atom stereocenters. The van der Waals surface area contributed by atoms with Crippen LogP contribution in [0.15, 0.2) is 0 Å². The number of hydrogen-bond acceptors (Lipinski definition) is 4. The predicted molar refractivity (Wildman–Crippen MR) is 77.5 cm³/mol. The van der Waals surface area contributed by atoms with Crippen LogP contribution in [0.1, 0.15) is 38.1 Å². The average Bonchev–Trinajstić information content (AvgIpc) is 2.80. The van der Waals surface area contributed by atoms with Crippen LogP contribution >= 0.6 is 0 Å². The van der Waals surface area contributed by atoms with Gasteiger partial charge in [-0.3, -0.25) is 9.48 Å². The maximum Gasteiger partial charge on any atom is 0.224 e. The van der Waals surface area contributed by atoms with Gasteiger partial charge in [0.25, 0.3) is 0 Å². The molecule has 1 fully saturated rings. The summed E-state index contributed by atoms with van der Waals surface area (Å²) < 4.78 is 25.2. The molecule has 0 saturated carbocycles. The van der Waals surface area contributed by atoms with Gasteiger partial charge in [-0.1, -0.05) is 6.92 Å². The molecule has 112 valence electrons. The van der Waals surface area contributed by atoms with Crippen LogP contribution in [0, 0.1) is 13.8 Å². The standard InChI is InChI=1S/C13H21N3O3S/c1-5-11(17)14-12-9(2)15-16(10(12)3)13(4)6-7-20(18,19)8-13/h5-8H2,1-4H3,(H,14,17)/t13-/m1/s1. The van der Waals surface area contributed by atoms with Gasteiger partial charge in [0, 0.05) is 6.42 Å². The third-order valence-electron chi connectivity index (χ3n) is 3.87. The van der Waals surface area contributed by atoms with Crippen LogP contribution in [0.4, 0.5) is 5.69 Å². The third kappa shape index (κ3) is 2.59. The molecule has 20 heavy (non-hydrogen) atoms. The zero-order valence-corrected chi connectivity index (χ0v) is 13.2. The average molecular weight is 299 g/mol. The van der Waals surface area contributed by atoms with Crippen molar-refractivity contribution in [1.82, 2.24) is 9.78 Å². The number of nitrogens with one attached hydrogen (secondary N) is 1. The Labute approximate surface area is 119 Å². The van der Waals surface area contributed by atoms with Gasteiger partial charge in [-0.15, -0.1) is 0 Å². The summed E-state index contributed by atoms with van der Waals surface area (Å²) in [6, 6.07) is 0. The van der Waals surface area contributed by atoms with Crippen LogP contribution in [0.25, 0.3) is 0 Å². The lowest BCUT2D eigenvalue weighted by Crippen LogP contribution is -2.33. The van der Waals surface area contributed by atoms with Crippen molar-refractivity contribution in [1.29, 1.82) is 0 Å². The van der Waals surface area contributed by atoms with Gasteiger partial charge in [-0.25, -0.2) is 8.42 Å². The first-order chi connectivity index (χ1) is 9.18. The summed E-state index contributed by atoms with van der Waals surface area (Å²) in [6.07, 6.45) is 0.953. The molecule has 2 heterocycles. The Morgan fingerprint density at radius 2 is 2.10 bits per heavy atom. The van der Waals surface area contributed by atoms with Crippen molar-refractivity contribution >= 4 is 21.4 Å². The van der Waals surface area contributed by atoms with E-state index in [-0.39, 0.29) is 17.4 Å². The van der Waals surface area contributed by atoms with Gasteiger partial charge in [-0.05, 0) is 27.2 Å². The summed E-state index contributed by atoms with van der Waals surface area (Å²) in [4.78, 5) is 11.6. The minimum absolute atomic E-state index is 0.0695. The van der Waals surface area contributed by atoms with Crippen LogP contribution in [0.3, 0.4) is 0 Å². The molecule has 1 aliphatic rings. The monoisotopic (exact) mass is 299 g/mol. The van der Waals surface area contributed by atoms with Crippen molar-refractivity contribution in [3.05, 3.63) is 11.4 Å². The van der Waals surface area contributed by atoms with E-state index in [1.807, 2.05) is 20.8 Å². The molecule has 1 saturated heterocycles. The molecular weight excluding hydrogens is 278 g/mol. The van der Waals surface area contributed by atoms with Crippen LogP contribution in [0.2, 0.25) is 0 Å². The Bertz CT molecular complexity index is 648. The molecule has 7 heteroatoms. The molecule has 1 aliphatic heterocycles. The number of carbonyl (C=O) groups excluding carboxylic acids is 1. The Morgan fingerprint density at radius 1 is 1.45 bits per heavy atom. The van der Waals surface area contributed by atoms with E-state index in [0.717, 1.165) is 11.4 Å². The van der Waals surface area contributed by atoms with E-state index in [2.05, 4.69) is 10.4 Å². The van der Waals surface area contributed by atoms with Crippen molar-refractivity contribution in [3.8, 4) is 0 Å². The molecule has 0 aliphatic carbocycles. The molecule has 0 aromatic carbocycles. The van der Waals surface area contributed by atoms with Crippen molar-refractivity contribution in [2.24, 2.45) is 0 Å². The number of hydrogen-bond donors (Lipinski definition) is 1. The molecule has 6 nitrogen and oxygen atoms in total. The minimum Gasteiger partial charge on any atom is -0.323 e. The maximum absolute atomic E-state index is 11.7. The normalized spacial score (nSPS) is 24.8. The number of rotatable bonds is 3. The van der Waals surface area contributed by atoms with E-state index >= 15 is 0 Å². The number of anilines is 1. The van der Waals surface area contributed by atoms with Crippen molar-refractivity contribution in [2.45, 2.75) is 46.1 Å². The summed E-state index contributed by atoms with van der Waals surface area (Å²) in [5.41, 5.74) is 1.70. The molecule has 0 spiro atoms. The zero-order chi connectivity index (χ0) is 15.1. The van der Waals surface area contributed by atoms with Crippen LogP contribution in [-0.4, -0.2) is 35.6 Å². The number of nitrogens with zero attached hydrogens (tertiary/aromatic N) is 2. The largest absolute Gasteiger partial charge is 0.323 e. The second-order valence-electron chi connectivity index (χ2n) is 5.70. The van der Waals surface area contributed by atoms with E-state index in [1.165, 1.54) is 0 Å². The van der Waals surface area contributed by atoms with Gasteiger partial charge in [0.05, 0.1) is 34.1 Å². The van der Waals surface area contributed by atoms with Crippen molar-refractivity contribution in [2.75, 3.05) is 16.8 Å². The second-order valence-corrected chi connectivity index (χ2v) is 7.88. The SMILES string of the molecule is CCC(=O)Nc1c(C)nn([C@]2(C)CCS(=O)(=O)C2)c1C. The molecule has 0 bridgehead atoms. The molecule has 1 amide bonds. The van der Waals surface area contributed by atoms with Crippen LogP contribution < -0.4 is 5.32 Å². The highest BCUT2D eigenvalue weighted by Gasteiger charge is 2.41. The second kappa shape index (κ2) is 4.87. The fourth-order valence-corrected chi connectivity index (χ4v) is 4.85. The van der Waals surface area contributed by atoms with Gasteiger partial charge in [0.2, 0.25) is 5.91 Å². The summed E-state index contributed by atoms with van der Waals surface area (Å²) >= 11 is 0. The molecule has 0 unspecified atom stereocenters. The lowest BCUT2D eigenvalue weighted by Gasteiger charge is -2.24. The molecule has 1 N–H and O–H groups in total. The van der Waals surface area contributed by atoms with Crippen LogP contribution in [0.5, 0.6) is 0 Å². The fraction of sp³-hybridized carbons (Fsp3) is 0.692. The molecule has 1 aromatic rings. The summed E-state index contributed by atoms with van der Waals surface area (Å²) in [7, 11) is -3.00. The van der Waals surface area contributed by atoms with E-state index in [1.54, 1.807) is 11.6 Å². The van der Waals surface area contributed by atoms with Gasteiger partial charge in [-0.2, -0.15) is 5.10 Å². The van der Waals surface area contributed by atoms with Gasteiger partial charge < -0.3 is 5.32 Å². The van der Waals surface area contributed by atoms with Gasteiger partial charge >= 0.3 is 0 Å². The highest BCUT2D eigenvalue weighted by Crippen LogP contribution is 2.34. The fourth-order valence-electron chi connectivity index (χ4n) is 2.74. The highest BCUT2D eigenvalue weighted by atomic mass is 32.2. The molecule has 0 radical (unpaired) electrons. The summed E-state index contributed by atoms with van der Waals surface area (Å²) in [6.45, 7) is 7.38. The van der Waals surface area contributed by atoms with Gasteiger partial charge in [0.15, 0.2) is 9.84 Å². The number of amides is 1. The first-order valence-electron chi connectivity index (χ1n) is 6.75. The quantitative estimate of drug-likeness (QED) is 0.914. The van der Waals surface area contributed by atoms with E-state index in [4.69, 9.17) is 0 Å². The lowest BCUT2D eigenvalue weighted by atomic mass is 10.0. The smallest absolute Gasteiger partial charge is 0.224 e. The third-order valence-corrected chi connectivity index (χ3v) is 5.76. The van der Waals surface area contributed by atoms with Crippen molar-refractivity contribution in [3.63, 3.8) is 0 Å². The first kappa shape index (κ1) is 15.0. The van der Waals surface area contributed by atoms with Gasteiger partial charge in [0.1, 0.15) is 0 Å².